The molecular weight excluding hydrogens is 194 g/mol. The number of hydrogen-bond acceptors (Lipinski definition) is 4. The molecule has 0 radical (unpaired) electrons. The van der Waals surface area contributed by atoms with E-state index in [1.165, 1.54) is 0 Å². The van der Waals surface area contributed by atoms with E-state index < -0.39 is 6.04 Å². The fraction of sp³-hybridized carbons (Fsp3) is 0.909. The summed E-state index contributed by atoms with van der Waals surface area (Å²) >= 11 is 0. The molecule has 0 aromatic rings. The lowest BCUT2D eigenvalue weighted by Crippen LogP contribution is -2.40. The Kier molecular flexibility index (Phi) is 7.34. The summed E-state index contributed by atoms with van der Waals surface area (Å²) in [4.78, 5) is 11.5. The SMILES string of the molecule is CCOCC(C)OC(=O)[C@@H](N)C(C)CC. The van der Waals surface area contributed by atoms with Crippen LogP contribution in [0.3, 0.4) is 0 Å². The second-order valence-corrected chi connectivity index (χ2v) is 3.82. The van der Waals surface area contributed by atoms with Gasteiger partial charge in [-0.05, 0) is 19.8 Å². The van der Waals surface area contributed by atoms with Crippen molar-refractivity contribution in [1.29, 1.82) is 0 Å². The van der Waals surface area contributed by atoms with Gasteiger partial charge < -0.3 is 15.2 Å². The first-order valence-corrected chi connectivity index (χ1v) is 5.56. The topological polar surface area (TPSA) is 61.5 Å². The van der Waals surface area contributed by atoms with E-state index >= 15 is 0 Å². The van der Waals surface area contributed by atoms with E-state index in [1.54, 1.807) is 6.92 Å². The smallest absolute Gasteiger partial charge is 0.323 e. The zero-order chi connectivity index (χ0) is 11.8. The van der Waals surface area contributed by atoms with Crippen LogP contribution in [0.1, 0.15) is 34.1 Å². The number of rotatable bonds is 7. The highest BCUT2D eigenvalue weighted by molar-refractivity contribution is 5.75. The third-order valence-corrected chi connectivity index (χ3v) is 2.40. The van der Waals surface area contributed by atoms with Crippen molar-refractivity contribution in [2.75, 3.05) is 13.2 Å². The summed E-state index contributed by atoms with van der Waals surface area (Å²) < 4.78 is 10.3. The Morgan fingerprint density at radius 1 is 1.33 bits per heavy atom. The lowest BCUT2D eigenvalue weighted by molar-refractivity contribution is -0.153. The van der Waals surface area contributed by atoms with E-state index in [9.17, 15) is 4.79 Å². The van der Waals surface area contributed by atoms with Gasteiger partial charge in [0.25, 0.3) is 0 Å². The van der Waals surface area contributed by atoms with E-state index in [0.717, 1.165) is 6.42 Å². The Hall–Kier alpha value is -0.610. The van der Waals surface area contributed by atoms with Gasteiger partial charge in [0, 0.05) is 6.61 Å². The average molecular weight is 217 g/mol. The Morgan fingerprint density at radius 3 is 2.40 bits per heavy atom. The molecule has 2 N–H and O–H groups in total. The van der Waals surface area contributed by atoms with Crippen molar-refractivity contribution >= 4 is 5.97 Å². The van der Waals surface area contributed by atoms with Gasteiger partial charge in [0.15, 0.2) is 0 Å². The lowest BCUT2D eigenvalue weighted by Gasteiger charge is -2.20. The molecule has 0 aliphatic carbocycles. The van der Waals surface area contributed by atoms with E-state index in [2.05, 4.69) is 0 Å². The van der Waals surface area contributed by atoms with Gasteiger partial charge >= 0.3 is 5.97 Å². The van der Waals surface area contributed by atoms with Crippen LogP contribution in [0.15, 0.2) is 0 Å². The van der Waals surface area contributed by atoms with Crippen LogP contribution in [-0.4, -0.2) is 31.3 Å². The third kappa shape index (κ3) is 5.74. The van der Waals surface area contributed by atoms with Crippen molar-refractivity contribution in [1.82, 2.24) is 0 Å². The molecule has 90 valence electrons. The van der Waals surface area contributed by atoms with Gasteiger partial charge in [-0.25, -0.2) is 0 Å². The van der Waals surface area contributed by atoms with Crippen LogP contribution < -0.4 is 5.73 Å². The molecule has 0 aliphatic rings. The van der Waals surface area contributed by atoms with Gasteiger partial charge in [0.1, 0.15) is 12.1 Å². The molecule has 4 heteroatoms. The Labute approximate surface area is 92.1 Å². The molecule has 0 saturated carbocycles. The number of carbonyl (C=O) groups excluding carboxylic acids is 1. The number of hydrogen-bond donors (Lipinski definition) is 1. The molecule has 0 heterocycles. The van der Waals surface area contributed by atoms with Gasteiger partial charge in [-0.2, -0.15) is 0 Å². The quantitative estimate of drug-likeness (QED) is 0.653. The maximum atomic E-state index is 11.5. The summed E-state index contributed by atoms with van der Waals surface area (Å²) in [5.74, 6) is -0.187. The van der Waals surface area contributed by atoms with E-state index in [1.807, 2.05) is 20.8 Å². The molecule has 0 bridgehead atoms. The van der Waals surface area contributed by atoms with Crippen LogP contribution in [0.25, 0.3) is 0 Å². The number of carbonyl (C=O) groups is 1. The monoisotopic (exact) mass is 217 g/mol. The van der Waals surface area contributed by atoms with Crippen molar-refractivity contribution in [3.8, 4) is 0 Å². The Balaban J connectivity index is 3.90. The van der Waals surface area contributed by atoms with Gasteiger partial charge in [-0.3, -0.25) is 4.79 Å². The standard InChI is InChI=1S/C11H23NO3/c1-5-8(3)10(12)11(13)15-9(4)7-14-6-2/h8-10H,5-7,12H2,1-4H3/t8?,9?,10-/m0/s1. The van der Waals surface area contributed by atoms with Gasteiger partial charge in [-0.1, -0.05) is 20.3 Å². The maximum absolute atomic E-state index is 11.5. The highest BCUT2D eigenvalue weighted by Gasteiger charge is 2.22. The molecule has 0 spiro atoms. The summed E-state index contributed by atoms with van der Waals surface area (Å²) in [5.41, 5.74) is 5.73. The first kappa shape index (κ1) is 14.4. The summed E-state index contributed by atoms with van der Waals surface area (Å²) in [6.45, 7) is 8.70. The minimum absolute atomic E-state index is 0.150. The molecule has 3 atom stereocenters. The molecule has 0 saturated heterocycles. The van der Waals surface area contributed by atoms with Crippen molar-refractivity contribution in [3.05, 3.63) is 0 Å². The fourth-order valence-electron chi connectivity index (χ4n) is 1.08. The summed E-state index contributed by atoms with van der Waals surface area (Å²) in [6, 6.07) is -0.529. The molecule has 0 aromatic heterocycles. The molecule has 0 aliphatic heterocycles. The highest BCUT2D eigenvalue weighted by Crippen LogP contribution is 2.08. The van der Waals surface area contributed by atoms with Crippen molar-refractivity contribution < 1.29 is 14.3 Å². The zero-order valence-corrected chi connectivity index (χ0v) is 10.2. The van der Waals surface area contributed by atoms with Crippen LogP contribution in [0.5, 0.6) is 0 Å². The van der Waals surface area contributed by atoms with E-state index in [-0.39, 0.29) is 18.0 Å². The predicted molar refractivity (Wildman–Crippen MR) is 59.5 cm³/mol. The van der Waals surface area contributed by atoms with Crippen LogP contribution in [0.4, 0.5) is 0 Å². The molecule has 0 amide bonds. The van der Waals surface area contributed by atoms with E-state index in [4.69, 9.17) is 15.2 Å². The largest absolute Gasteiger partial charge is 0.459 e. The molecule has 4 nitrogen and oxygen atoms in total. The van der Waals surface area contributed by atoms with Crippen molar-refractivity contribution in [2.24, 2.45) is 11.7 Å². The van der Waals surface area contributed by atoms with Crippen LogP contribution >= 0.6 is 0 Å². The zero-order valence-electron chi connectivity index (χ0n) is 10.2. The lowest BCUT2D eigenvalue weighted by atomic mass is 10.0. The number of ether oxygens (including phenoxy) is 2. The predicted octanol–water partition coefficient (Wildman–Crippen LogP) is 1.33. The Bertz CT molecular complexity index is 185. The van der Waals surface area contributed by atoms with E-state index in [0.29, 0.717) is 13.2 Å². The summed E-state index contributed by atoms with van der Waals surface area (Å²) in [6.07, 6.45) is 0.642. The molecule has 15 heavy (non-hydrogen) atoms. The van der Waals surface area contributed by atoms with Crippen LogP contribution in [-0.2, 0) is 14.3 Å². The third-order valence-electron chi connectivity index (χ3n) is 2.40. The second kappa shape index (κ2) is 7.65. The molecule has 2 unspecified atom stereocenters. The summed E-state index contributed by atoms with van der Waals surface area (Å²) in [5, 5.41) is 0. The normalized spacial score (nSPS) is 16.9. The summed E-state index contributed by atoms with van der Waals surface area (Å²) in [7, 11) is 0. The second-order valence-electron chi connectivity index (χ2n) is 3.82. The van der Waals surface area contributed by atoms with Gasteiger partial charge in [0.2, 0.25) is 0 Å². The van der Waals surface area contributed by atoms with Gasteiger partial charge in [-0.15, -0.1) is 0 Å². The van der Waals surface area contributed by atoms with Crippen molar-refractivity contribution in [2.45, 2.75) is 46.3 Å². The number of nitrogens with two attached hydrogens (primary N) is 1. The minimum atomic E-state index is -0.529. The first-order valence-electron chi connectivity index (χ1n) is 5.56. The van der Waals surface area contributed by atoms with Crippen molar-refractivity contribution in [3.63, 3.8) is 0 Å². The molecule has 0 fully saturated rings. The maximum Gasteiger partial charge on any atom is 0.323 e. The molecule has 0 rings (SSSR count). The number of esters is 1. The molecule has 0 aromatic carbocycles. The van der Waals surface area contributed by atoms with Crippen LogP contribution in [0, 0.1) is 5.92 Å². The highest BCUT2D eigenvalue weighted by atomic mass is 16.6. The Morgan fingerprint density at radius 2 is 1.93 bits per heavy atom. The molecular formula is C11H23NO3. The van der Waals surface area contributed by atoms with Crippen LogP contribution in [0.2, 0.25) is 0 Å². The first-order chi connectivity index (χ1) is 7.02. The fourth-order valence-corrected chi connectivity index (χ4v) is 1.08. The average Bonchev–Trinajstić information content (AvgIpc) is 2.23. The van der Waals surface area contributed by atoms with Gasteiger partial charge in [0.05, 0.1) is 6.61 Å². The minimum Gasteiger partial charge on any atom is -0.459 e.